The Morgan fingerprint density at radius 3 is 2.52 bits per heavy atom. The molecule has 1 aliphatic rings. The number of halogens is 1. The number of hydrogen-bond acceptors (Lipinski definition) is 4. The average molecular weight is 425 g/mol. The van der Waals surface area contributed by atoms with E-state index >= 15 is 0 Å². The quantitative estimate of drug-likeness (QED) is 0.704. The van der Waals surface area contributed by atoms with E-state index in [1.807, 2.05) is 14.1 Å². The zero-order valence-electron chi connectivity index (χ0n) is 18.0. The topological polar surface area (TPSA) is 73.9 Å². The van der Waals surface area contributed by atoms with Crippen LogP contribution >= 0.6 is 11.6 Å². The van der Waals surface area contributed by atoms with Crippen molar-refractivity contribution < 1.29 is 14.3 Å². The van der Waals surface area contributed by atoms with E-state index in [0.29, 0.717) is 48.9 Å². The van der Waals surface area contributed by atoms with E-state index in [-0.39, 0.29) is 23.3 Å². The second-order valence-electron chi connectivity index (χ2n) is 8.63. The zero-order valence-corrected chi connectivity index (χ0v) is 18.8. The summed E-state index contributed by atoms with van der Waals surface area (Å²) in [6, 6.07) is 5.00. The molecular formula is C21H33ClN4O3. The number of carbonyl (C=O) groups is 2. The van der Waals surface area contributed by atoms with Crippen LogP contribution in [-0.2, 0) is 4.79 Å². The number of ether oxygens (including phenoxy) is 1. The zero-order chi connectivity index (χ0) is 21.6. The largest absolute Gasteiger partial charge is 0.493 e. The van der Waals surface area contributed by atoms with Crippen molar-refractivity contribution >= 4 is 29.2 Å². The van der Waals surface area contributed by atoms with Crippen LogP contribution in [0.4, 0.5) is 10.5 Å². The van der Waals surface area contributed by atoms with Gasteiger partial charge in [-0.3, -0.25) is 4.79 Å². The second-order valence-corrected chi connectivity index (χ2v) is 9.04. The van der Waals surface area contributed by atoms with Crippen molar-refractivity contribution in [3.05, 3.63) is 23.2 Å². The van der Waals surface area contributed by atoms with Gasteiger partial charge in [-0.15, -0.1) is 0 Å². The van der Waals surface area contributed by atoms with Crippen LogP contribution in [0.2, 0.25) is 5.02 Å². The maximum absolute atomic E-state index is 12.6. The van der Waals surface area contributed by atoms with Gasteiger partial charge in [0.05, 0.1) is 17.8 Å². The van der Waals surface area contributed by atoms with Gasteiger partial charge in [0.25, 0.3) is 0 Å². The van der Waals surface area contributed by atoms with Crippen molar-refractivity contribution in [2.75, 3.05) is 52.7 Å². The normalized spacial score (nSPS) is 15.3. The van der Waals surface area contributed by atoms with Gasteiger partial charge >= 0.3 is 6.03 Å². The minimum atomic E-state index is -0.212. The monoisotopic (exact) mass is 424 g/mol. The molecule has 0 bridgehead atoms. The molecule has 1 aromatic rings. The fourth-order valence-electron chi connectivity index (χ4n) is 3.74. The fraction of sp³-hybridized carbons (Fsp3) is 0.619. The molecule has 3 amide bonds. The molecule has 1 fully saturated rings. The summed E-state index contributed by atoms with van der Waals surface area (Å²) in [5.74, 6) is 0.459. The lowest BCUT2D eigenvalue weighted by Crippen LogP contribution is -2.46. The van der Waals surface area contributed by atoms with Crippen LogP contribution in [0.25, 0.3) is 0 Å². The van der Waals surface area contributed by atoms with Gasteiger partial charge in [-0.05, 0) is 44.5 Å². The Morgan fingerprint density at radius 1 is 1.28 bits per heavy atom. The maximum Gasteiger partial charge on any atom is 0.321 e. The summed E-state index contributed by atoms with van der Waals surface area (Å²) >= 11 is 6.11. The first kappa shape index (κ1) is 23.3. The van der Waals surface area contributed by atoms with E-state index in [9.17, 15) is 9.59 Å². The first-order valence-electron chi connectivity index (χ1n) is 9.94. The molecule has 2 N–H and O–H groups in total. The molecule has 2 rings (SSSR count). The lowest BCUT2D eigenvalue weighted by Gasteiger charge is -2.33. The Hall–Kier alpha value is -1.99. The Balaban J connectivity index is 1.83. The number of amides is 3. The summed E-state index contributed by atoms with van der Waals surface area (Å²) < 4.78 is 5.27. The van der Waals surface area contributed by atoms with E-state index in [4.69, 9.17) is 16.3 Å². The van der Waals surface area contributed by atoms with Crippen LogP contribution in [-0.4, -0.2) is 69.1 Å². The van der Waals surface area contributed by atoms with Crippen LogP contribution in [0.1, 0.15) is 26.7 Å². The molecule has 0 aliphatic carbocycles. The van der Waals surface area contributed by atoms with E-state index < -0.39 is 0 Å². The lowest BCUT2D eigenvalue weighted by atomic mass is 9.91. The van der Waals surface area contributed by atoms with Gasteiger partial charge in [-0.25, -0.2) is 4.79 Å². The van der Waals surface area contributed by atoms with Gasteiger partial charge in [0.2, 0.25) is 5.91 Å². The van der Waals surface area contributed by atoms with Gasteiger partial charge in [-0.2, -0.15) is 0 Å². The summed E-state index contributed by atoms with van der Waals surface area (Å²) in [4.78, 5) is 29.0. The second kappa shape index (κ2) is 10.2. The van der Waals surface area contributed by atoms with E-state index in [0.717, 1.165) is 6.54 Å². The third-order valence-corrected chi connectivity index (χ3v) is 5.35. The summed E-state index contributed by atoms with van der Waals surface area (Å²) in [6.07, 6.45) is 1.31. The molecule has 0 aromatic heterocycles. The number of carbonyl (C=O) groups excluding carboxylic acids is 2. The van der Waals surface area contributed by atoms with Crippen LogP contribution in [0.5, 0.6) is 5.75 Å². The Morgan fingerprint density at radius 2 is 1.93 bits per heavy atom. The fourth-order valence-corrected chi connectivity index (χ4v) is 3.99. The predicted octanol–water partition coefficient (Wildman–Crippen LogP) is 3.30. The number of methoxy groups -OCH3 is 1. The average Bonchev–Trinajstić information content (AvgIpc) is 2.65. The van der Waals surface area contributed by atoms with Gasteiger partial charge in [0.15, 0.2) is 5.75 Å². The summed E-state index contributed by atoms with van der Waals surface area (Å²) in [5.41, 5.74) is 0.545. The van der Waals surface area contributed by atoms with Crippen LogP contribution in [0, 0.1) is 11.3 Å². The molecule has 0 atom stereocenters. The van der Waals surface area contributed by atoms with Gasteiger partial charge in [0, 0.05) is 32.1 Å². The molecule has 1 saturated heterocycles. The SMILES string of the molecule is COc1c(Cl)cccc1NC(=O)N1CCC(C(=O)NCC(C)(C)CN(C)C)CC1. The van der Waals surface area contributed by atoms with Crippen molar-refractivity contribution in [3.8, 4) is 5.75 Å². The number of nitrogens with one attached hydrogen (secondary N) is 2. The molecule has 0 spiro atoms. The Kier molecular flexibility index (Phi) is 8.16. The highest BCUT2D eigenvalue weighted by Crippen LogP contribution is 2.32. The minimum absolute atomic E-state index is 0.00968. The molecule has 29 heavy (non-hydrogen) atoms. The van der Waals surface area contributed by atoms with Gasteiger partial charge < -0.3 is 25.2 Å². The number of anilines is 1. The molecule has 8 heteroatoms. The molecule has 1 aromatic carbocycles. The number of urea groups is 1. The van der Waals surface area contributed by atoms with Crippen LogP contribution in [0.3, 0.4) is 0 Å². The summed E-state index contributed by atoms with van der Waals surface area (Å²) in [7, 11) is 5.58. The standard InChI is InChI=1S/C21H33ClN4O3/c1-21(2,14-25(3)4)13-23-19(27)15-9-11-26(12-10-15)20(28)24-17-8-6-7-16(22)18(17)29-5/h6-8,15H,9-14H2,1-5H3,(H,23,27)(H,24,28). The number of piperidine rings is 1. The third-order valence-electron chi connectivity index (χ3n) is 5.05. The van der Waals surface area contributed by atoms with Crippen molar-refractivity contribution in [2.45, 2.75) is 26.7 Å². The summed E-state index contributed by atoms with van der Waals surface area (Å²) in [6.45, 7) is 6.90. The molecular weight excluding hydrogens is 392 g/mol. The minimum Gasteiger partial charge on any atom is -0.493 e. The number of benzene rings is 1. The van der Waals surface area contributed by atoms with E-state index in [1.165, 1.54) is 7.11 Å². The smallest absolute Gasteiger partial charge is 0.321 e. The highest BCUT2D eigenvalue weighted by atomic mass is 35.5. The van der Waals surface area contributed by atoms with Crippen molar-refractivity contribution in [2.24, 2.45) is 11.3 Å². The molecule has 0 unspecified atom stereocenters. The lowest BCUT2D eigenvalue weighted by molar-refractivity contribution is -0.126. The van der Waals surface area contributed by atoms with Crippen molar-refractivity contribution in [1.82, 2.24) is 15.1 Å². The molecule has 7 nitrogen and oxygen atoms in total. The number of nitrogens with zero attached hydrogens (tertiary/aromatic N) is 2. The third kappa shape index (κ3) is 6.78. The number of likely N-dealkylation sites (tertiary alicyclic amines) is 1. The number of rotatable bonds is 7. The number of para-hydroxylation sites is 1. The van der Waals surface area contributed by atoms with Gasteiger partial charge in [0.1, 0.15) is 0 Å². The van der Waals surface area contributed by atoms with Crippen molar-refractivity contribution in [3.63, 3.8) is 0 Å². The van der Waals surface area contributed by atoms with Crippen molar-refractivity contribution in [1.29, 1.82) is 0 Å². The van der Waals surface area contributed by atoms with Crippen LogP contribution in [0.15, 0.2) is 18.2 Å². The van der Waals surface area contributed by atoms with E-state index in [1.54, 1.807) is 23.1 Å². The molecule has 1 heterocycles. The van der Waals surface area contributed by atoms with Crippen LogP contribution < -0.4 is 15.4 Å². The van der Waals surface area contributed by atoms with Gasteiger partial charge in [-0.1, -0.05) is 31.5 Å². The summed E-state index contributed by atoms with van der Waals surface area (Å²) in [5, 5.41) is 6.38. The predicted molar refractivity (Wildman–Crippen MR) is 117 cm³/mol. The first-order chi connectivity index (χ1) is 13.6. The number of hydrogen-bond donors (Lipinski definition) is 2. The molecule has 0 radical (unpaired) electrons. The highest BCUT2D eigenvalue weighted by Gasteiger charge is 2.29. The molecule has 162 valence electrons. The Bertz CT molecular complexity index is 716. The highest BCUT2D eigenvalue weighted by molar-refractivity contribution is 6.32. The Labute approximate surface area is 178 Å². The first-order valence-corrected chi connectivity index (χ1v) is 10.3. The molecule has 0 saturated carbocycles. The van der Waals surface area contributed by atoms with E-state index in [2.05, 4.69) is 29.4 Å². The molecule has 1 aliphatic heterocycles. The maximum atomic E-state index is 12.6.